The third-order valence-corrected chi connectivity index (χ3v) is 7.36. The number of hydrogen-bond donors (Lipinski definition) is 1. The molecule has 2 aromatic carbocycles. The number of hydrogen-bond acceptors (Lipinski definition) is 3. The van der Waals surface area contributed by atoms with Gasteiger partial charge in [-0.3, -0.25) is 4.79 Å². The maximum atomic E-state index is 11.7. The number of carboxylic acids is 1. The molecule has 4 rings (SSSR count). The molecule has 0 amide bonds. The molecule has 1 aliphatic heterocycles. The highest BCUT2D eigenvalue weighted by atomic mass is 79.9. The van der Waals surface area contributed by atoms with Gasteiger partial charge in [-0.1, -0.05) is 30.3 Å². The molecular formula is C21H19BrClNO3S. The number of aryl methyl sites for hydroxylation is 1. The second-order valence-electron chi connectivity index (χ2n) is 6.95. The van der Waals surface area contributed by atoms with E-state index in [0.717, 1.165) is 49.6 Å². The fourth-order valence-electron chi connectivity index (χ4n) is 3.90. The lowest BCUT2D eigenvalue weighted by atomic mass is 9.90. The van der Waals surface area contributed by atoms with Gasteiger partial charge in [0.15, 0.2) is 0 Å². The first-order valence-corrected chi connectivity index (χ1v) is 10.9. The zero-order chi connectivity index (χ0) is 20.0. The molecule has 2 heterocycles. The van der Waals surface area contributed by atoms with E-state index in [1.807, 2.05) is 36.4 Å². The van der Waals surface area contributed by atoms with Gasteiger partial charge >= 0.3 is 5.97 Å². The summed E-state index contributed by atoms with van der Waals surface area (Å²) in [6.07, 6.45) is 0.821. The van der Waals surface area contributed by atoms with Crippen LogP contribution in [0.3, 0.4) is 0 Å². The zero-order valence-corrected chi connectivity index (χ0v) is 18.6. The second-order valence-corrected chi connectivity index (χ2v) is 9.32. The van der Waals surface area contributed by atoms with Crippen molar-refractivity contribution < 1.29 is 14.6 Å². The van der Waals surface area contributed by atoms with E-state index in [0.29, 0.717) is 5.02 Å². The summed E-state index contributed by atoms with van der Waals surface area (Å²) in [4.78, 5) is 13.9. The number of fused-ring (bicyclic) bond motifs is 3. The van der Waals surface area contributed by atoms with Crippen LogP contribution in [0.25, 0.3) is 10.9 Å². The van der Waals surface area contributed by atoms with Crippen LogP contribution in [0.2, 0.25) is 5.02 Å². The average Bonchev–Trinajstić information content (AvgIpc) is 3.22. The predicted molar refractivity (Wildman–Crippen MR) is 116 cm³/mol. The van der Waals surface area contributed by atoms with Crippen LogP contribution in [0.5, 0.6) is 5.75 Å². The van der Waals surface area contributed by atoms with Crippen LogP contribution in [-0.4, -0.2) is 22.8 Å². The zero-order valence-electron chi connectivity index (χ0n) is 15.4. The molecule has 0 spiro atoms. The van der Waals surface area contributed by atoms with Gasteiger partial charge in [0.25, 0.3) is 0 Å². The number of rotatable bonds is 5. The van der Waals surface area contributed by atoms with Crippen molar-refractivity contribution in [3.05, 3.63) is 51.6 Å². The second kappa shape index (κ2) is 7.65. The smallest absolute Gasteiger partial charge is 0.306 e. The lowest BCUT2D eigenvalue weighted by molar-refractivity contribution is -0.141. The van der Waals surface area contributed by atoms with Gasteiger partial charge in [-0.05, 0) is 52.7 Å². The molecule has 0 bridgehead atoms. The van der Waals surface area contributed by atoms with Gasteiger partial charge in [-0.15, -0.1) is 0 Å². The van der Waals surface area contributed by atoms with Gasteiger partial charge in [0.2, 0.25) is 0 Å². The summed E-state index contributed by atoms with van der Waals surface area (Å²) in [6.45, 7) is 2.60. The Labute approximate surface area is 181 Å². The summed E-state index contributed by atoms with van der Waals surface area (Å²) < 4.78 is 8.66. The Bertz CT molecular complexity index is 1060. The Morgan fingerprint density at radius 2 is 2.07 bits per heavy atom. The van der Waals surface area contributed by atoms with Crippen LogP contribution in [-0.2, 0) is 11.3 Å². The summed E-state index contributed by atoms with van der Waals surface area (Å²) in [5.41, 5.74) is 2.16. The van der Waals surface area contributed by atoms with Gasteiger partial charge in [0.1, 0.15) is 5.75 Å². The first-order chi connectivity index (χ1) is 13.4. The number of benzene rings is 2. The SMILES string of the molecule is COc1cc(Br)c2c(Sc3ccc(Cl)cc3)c3n(c2c1)CCC3C(C)C(=O)O. The molecule has 2 atom stereocenters. The lowest BCUT2D eigenvalue weighted by Crippen LogP contribution is -2.17. The highest BCUT2D eigenvalue weighted by Crippen LogP contribution is 2.50. The van der Waals surface area contributed by atoms with Crippen molar-refractivity contribution in [1.29, 1.82) is 0 Å². The van der Waals surface area contributed by atoms with Gasteiger partial charge in [0, 0.05) is 48.9 Å². The van der Waals surface area contributed by atoms with Crippen LogP contribution in [0, 0.1) is 5.92 Å². The Hall–Kier alpha value is -1.63. The van der Waals surface area contributed by atoms with Gasteiger partial charge in [-0.25, -0.2) is 0 Å². The van der Waals surface area contributed by atoms with Gasteiger partial charge < -0.3 is 14.4 Å². The summed E-state index contributed by atoms with van der Waals surface area (Å²) in [7, 11) is 1.65. The Morgan fingerprint density at radius 3 is 2.71 bits per heavy atom. The van der Waals surface area contributed by atoms with E-state index in [1.165, 1.54) is 0 Å². The van der Waals surface area contributed by atoms with Crippen molar-refractivity contribution in [2.24, 2.45) is 5.92 Å². The Balaban J connectivity index is 1.94. The molecule has 0 fully saturated rings. The van der Waals surface area contributed by atoms with E-state index in [-0.39, 0.29) is 5.92 Å². The first kappa shape index (κ1) is 19.7. The van der Waals surface area contributed by atoms with E-state index in [4.69, 9.17) is 16.3 Å². The number of nitrogens with zero attached hydrogens (tertiary/aromatic N) is 1. The average molecular weight is 481 g/mol. The number of aromatic nitrogens is 1. The summed E-state index contributed by atoms with van der Waals surface area (Å²) in [6, 6.07) is 11.7. The topological polar surface area (TPSA) is 51.5 Å². The number of methoxy groups -OCH3 is 1. The Morgan fingerprint density at radius 1 is 1.36 bits per heavy atom. The molecule has 0 aliphatic carbocycles. The fourth-order valence-corrected chi connectivity index (χ4v) is 5.98. The monoisotopic (exact) mass is 479 g/mol. The molecule has 1 aliphatic rings. The highest BCUT2D eigenvalue weighted by molar-refractivity contribution is 9.10. The number of aliphatic carboxylic acids is 1. The molecule has 146 valence electrons. The minimum Gasteiger partial charge on any atom is -0.497 e. The molecule has 0 radical (unpaired) electrons. The molecule has 28 heavy (non-hydrogen) atoms. The first-order valence-electron chi connectivity index (χ1n) is 8.96. The number of ether oxygens (including phenoxy) is 1. The molecular weight excluding hydrogens is 462 g/mol. The number of halogens is 2. The standard InChI is InChI=1S/C21H19BrClNO3S/c1-11(21(25)26)15-7-8-24-17-10-13(27-2)9-16(22)18(17)20(19(15)24)28-14-5-3-12(23)4-6-14/h3-6,9-11,15H,7-8H2,1-2H3,(H,25,26). The van der Waals surface area contributed by atoms with Crippen LogP contribution in [0.1, 0.15) is 25.0 Å². The fraction of sp³-hybridized carbons (Fsp3) is 0.286. The third kappa shape index (κ3) is 3.31. The third-order valence-electron chi connectivity index (χ3n) is 5.36. The minimum atomic E-state index is -0.761. The van der Waals surface area contributed by atoms with Crippen LogP contribution in [0.15, 0.2) is 50.7 Å². The molecule has 1 N–H and O–H groups in total. The minimum absolute atomic E-state index is 0.0300. The molecule has 0 saturated carbocycles. The molecule has 2 unspecified atom stereocenters. The van der Waals surface area contributed by atoms with Crippen molar-refractivity contribution in [2.45, 2.75) is 35.6 Å². The van der Waals surface area contributed by atoms with Crippen molar-refractivity contribution in [3.8, 4) is 5.75 Å². The van der Waals surface area contributed by atoms with Gasteiger partial charge in [0.05, 0.1) is 18.5 Å². The van der Waals surface area contributed by atoms with Crippen molar-refractivity contribution >= 4 is 56.2 Å². The van der Waals surface area contributed by atoms with E-state index in [1.54, 1.807) is 25.8 Å². The summed E-state index contributed by atoms with van der Waals surface area (Å²) in [5, 5.41) is 11.4. The van der Waals surface area contributed by atoms with E-state index < -0.39 is 11.9 Å². The Kier molecular flexibility index (Phi) is 5.38. The quantitative estimate of drug-likeness (QED) is 0.457. The molecule has 7 heteroatoms. The predicted octanol–water partition coefficient (Wildman–Crippen LogP) is 6.43. The summed E-state index contributed by atoms with van der Waals surface area (Å²) in [5.74, 6) is -0.464. The molecule has 3 aromatic rings. The molecule has 4 nitrogen and oxygen atoms in total. The number of carboxylic acid groups (broad SMARTS) is 1. The van der Waals surface area contributed by atoms with E-state index in [2.05, 4.69) is 20.5 Å². The van der Waals surface area contributed by atoms with E-state index in [9.17, 15) is 9.90 Å². The van der Waals surface area contributed by atoms with Gasteiger partial charge in [-0.2, -0.15) is 0 Å². The van der Waals surface area contributed by atoms with Crippen molar-refractivity contribution in [3.63, 3.8) is 0 Å². The van der Waals surface area contributed by atoms with Crippen LogP contribution < -0.4 is 4.74 Å². The van der Waals surface area contributed by atoms with Crippen LogP contribution >= 0.6 is 39.3 Å². The van der Waals surface area contributed by atoms with E-state index >= 15 is 0 Å². The number of carbonyl (C=O) groups is 1. The normalized spacial score (nSPS) is 16.9. The molecule has 0 saturated heterocycles. The maximum Gasteiger partial charge on any atom is 0.306 e. The maximum absolute atomic E-state index is 11.7. The summed E-state index contributed by atoms with van der Waals surface area (Å²) >= 11 is 11.4. The highest BCUT2D eigenvalue weighted by Gasteiger charge is 2.36. The van der Waals surface area contributed by atoms with Crippen molar-refractivity contribution in [2.75, 3.05) is 7.11 Å². The largest absolute Gasteiger partial charge is 0.497 e. The lowest BCUT2D eigenvalue weighted by Gasteiger charge is -2.16. The molecule has 1 aromatic heterocycles. The van der Waals surface area contributed by atoms with Crippen molar-refractivity contribution in [1.82, 2.24) is 4.57 Å². The van der Waals surface area contributed by atoms with Crippen LogP contribution in [0.4, 0.5) is 0 Å².